The van der Waals surface area contributed by atoms with E-state index in [4.69, 9.17) is 0 Å². The summed E-state index contributed by atoms with van der Waals surface area (Å²) in [6.07, 6.45) is 3.95. The van der Waals surface area contributed by atoms with Gasteiger partial charge in [0.15, 0.2) is 0 Å². The van der Waals surface area contributed by atoms with Crippen molar-refractivity contribution in [1.82, 2.24) is 14.3 Å². The van der Waals surface area contributed by atoms with Crippen molar-refractivity contribution < 1.29 is 8.42 Å². The minimum Gasteiger partial charge on any atom is -0.317 e. The molecule has 0 saturated carbocycles. The van der Waals surface area contributed by atoms with Crippen molar-refractivity contribution in [3.05, 3.63) is 0 Å². The van der Waals surface area contributed by atoms with Crippen LogP contribution < -0.4 is 10.0 Å². The van der Waals surface area contributed by atoms with E-state index < -0.39 is 10.2 Å². The van der Waals surface area contributed by atoms with E-state index in [1.54, 1.807) is 7.05 Å². The zero-order valence-electron chi connectivity index (χ0n) is 12.9. The molecule has 0 fully saturated rings. The van der Waals surface area contributed by atoms with Crippen molar-refractivity contribution in [2.75, 3.05) is 33.2 Å². The SMILES string of the molecule is CCCNCCCN(C)S(=O)(=O)NCC(CC)CC. The van der Waals surface area contributed by atoms with Gasteiger partial charge in [0.2, 0.25) is 0 Å². The molecule has 0 heterocycles. The first kappa shape index (κ1) is 18.8. The topological polar surface area (TPSA) is 61.4 Å². The number of hydrogen-bond donors (Lipinski definition) is 2. The van der Waals surface area contributed by atoms with E-state index in [0.29, 0.717) is 19.0 Å². The molecule has 0 amide bonds. The molecule has 116 valence electrons. The first-order valence-electron chi connectivity index (χ1n) is 7.39. The van der Waals surface area contributed by atoms with E-state index >= 15 is 0 Å². The van der Waals surface area contributed by atoms with Crippen molar-refractivity contribution in [3.63, 3.8) is 0 Å². The molecule has 0 unspecified atom stereocenters. The highest BCUT2D eigenvalue weighted by Gasteiger charge is 2.17. The van der Waals surface area contributed by atoms with E-state index in [2.05, 4.69) is 30.8 Å². The summed E-state index contributed by atoms with van der Waals surface area (Å²) < 4.78 is 28.1. The van der Waals surface area contributed by atoms with Gasteiger partial charge < -0.3 is 5.32 Å². The molecule has 0 atom stereocenters. The van der Waals surface area contributed by atoms with Crippen molar-refractivity contribution in [3.8, 4) is 0 Å². The predicted molar refractivity (Wildman–Crippen MR) is 81.4 cm³/mol. The number of nitrogens with zero attached hydrogens (tertiary/aromatic N) is 1. The lowest BCUT2D eigenvalue weighted by molar-refractivity contribution is 0.427. The second-order valence-electron chi connectivity index (χ2n) is 4.96. The minimum absolute atomic E-state index is 0.425. The highest BCUT2D eigenvalue weighted by atomic mass is 32.2. The molecule has 0 aliphatic rings. The molecule has 6 heteroatoms. The Hall–Kier alpha value is -0.170. The maximum Gasteiger partial charge on any atom is 0.279 e. The lowest BCUT2D eigenvalue weighted by Crippen LogP contribution is -2.41. The Morgan fingerprint density at radius 1 is 1.11 bits per heavy atom. The summed E-state index contributed by atoms with van der Waals surface area (Å²) in [5, 5.41) is 3.27. The van der Waals surface area contributed by atoms with Gasteiger partial charge in [0, 0.05) is 20.1 Å². The molecule has 0 aromatic carbocycles. The van der Waals surface area contributed by atoms with E-state index in [9.17, 15) is 8.42 Å². The Bertz CT molecular complexity index is 303. The van der Waals surface area contributed by atoms with Crippen LogP contribution in [0.5, 0.6) is 0 Å². The van der Waals surface area contributed by atoms with Crippen molar-refractivity contribution >= 4 is 10.2 Å². The molecule has 0 rings (SSSR count). The molecule has 2 N–H and O–H groups in total. The molecule has 0 bridgehead atoms. The Kier molecular flexibility index (Phi) is 10.5. The van der Waals surface area contributed by atoms with Gasteiger partial charge in [-0.3, -0.25) is 0 Å². The van der Waals surface area contributed by atoms with Crippen LogP contribution in [0.2, 0.25) is 0 Å². The third-order valence-electron chi connectivity index (χ3n) is 3.37. The second-order valence-corrected chi connectivity index (χ2v) is 6.82. The molecule has 0 aromatic heterocycles. The maximum atomic E-state index is 12.0. The van der Waals surface area contributed by atoms with E-state index in [0.717, 1.165) is 38.8 Å². The summed E-state index contributed by atoms with van der Waals surface area (Å²) in [6, 6.07) is 0. The van der Waals surface area contributed by atoms with Crippen LogP contribution >= 0.6 is 0 Å². The van der Waals surface area contributed by atoms with Gasteiger partial charge in [-0.15, -0.1) is 0 Å². The quantitative estimate of drug-likeness (QED) is 0.537. The van der Waals surface area contributed by atoms with Crippen molar-refractivity contribution in [1.29, 1.82) is 0 Å². The average molecular weight is 293 g/mol. The van der Waals surface area contributed by atoms with Gasteiger partial charge in [-0.2, -0.15) is 12.7 Å². The summed E-state index contributed by atoms with van der Waals surface area (Å²) >= 11 is 0. The van der Waals surface area contributed by atoms with Gasteiger partial charge in [0.05, 0.1) is 0 Å². The fourth-order valence-corrected chi connectivity index (χ4v) is 2.80. The molecule has 0 aromatic rings. The van der Waals surface area contributed by atoms with Gasteiger partial charge in [-0.05, 0) is 31.8 Å². The van der Waals surface area contributed by atoms with Crippen LogP contribution in [0.4, 0.5) is 0 Å². The van der Waals surface area contributed by atoms with Crippen LogP contribution in [0.25, 0.3) is 0 Å². The Morgan fingerprint density at radius 2 is 1.74 bits per heavy atom. The third kappa shape index (κ3) is 8.57. The van der Waals surface area contributed by atoms with Crippen molar-refractivity contribution in [2.45, 2.75) is 46.5 Å². The predicted octanol–water partition coefficient (Wildman–Crippen LogP) is 1.58. The van der Waals surface area contributed by atoms with Crippen LogP contribution in [-0.2, 0) is 10.2 Å². The summed E-state index contributed by atoms with van der Waals surface area (Å²) in [5.41, 5.74) is 0. The normalized spacial score (nSPS) is 12.5. The monoisotopic (exact) mass is 293 g/mol. The van der Waals surface area contributed by atoms with E-state index in [-0.39, 0.29) is 0 Å². The fourth-order valence-electron chi connectivity index (χ4n) is 1.76. The molecular weight excluding hydrogens is 262 g/mol. The van der Waals surface area contributed by atoms with Gasteiger partial charge >= 0.3 is 0 Å². The average Bonchev–Trinajstić information content (AvgIpc) is 2.39. The molecular formula is C13H31N3O2S. The smallest absolute Gasteiger partial charge is 0.279 e. The van der Waals surface area contributed by atoms with Gasteiger partial charge in [-0.1, -0.05) is 33.6 Å². The lowest BCUT2D eigenvalue weighted by atomic mass is 10.0. The lowest BCUT2D eigenvalue weighted by Gasteiger charge is -2.20. The summed E-state index contributed by atoms with van der Waals surface area (Å²) in [7, 11) is -1.68. The molecule has 0 aliphatic heterocycles. The number of hydrogen-bond acceptors (Lipinski definition) is 3. The zero-order chi connectivity index (χ0) is 14.7. The first-order chi connectivity index (χ1) is 8.97. The Labute approximate surface area is 119 Å². The summed E-state index contributed by atoms with van der Waals surface area (Å²) in [5.74, 6) is 0.425. The van der Waals surface area contributed by atoms with Crippen LogP contribution in [0.3, 0.4) is 0 Å². The minimum atomic E-state index is -3.31. The summed E-state index contributed by atoms with van der Waals surface area (Å²) in [6.45, 7) is 9.23. The third-order valence-corrected chi connectivity index (χ3v) is 4.91. The highest BCUT2D eigenvalue weighted by Crippen LogP contribution is 2.06. The highest BCUT2D eigenvalue weighted by molar-refractivity contribution is 7.87. The van der Waals surface area contributed by atoms with Crippen molar-refractivity contribution in [2.24, 2.45) is 5.92 Å². The van der Waals surface area contributed by atoms with E-state index in [1.165, 1.54) is 4.31 Å². The zero-order valence-corrected chi connectivity index (χ0v) is 13.7. The molecule has 0 spiro atoms. The Morgan fingerprint density at radius 3 is 2.26 bits per heavy atom. The van der Waals surface area contributed by atoms with Crippen LogP contribution in [0.1, 0.15) is 46.5 Å². The molecule has 0 saturated heterocycles. The largest absolute Gasteiger partial charge is 0.317 e. The number of nitrogens with one attached hydrogen (secondary N) is 2. The summed E-state index contributed by atoms with van der Waals surface area (Å²) in [4.78, 5) is 0. The van der Waals surface area contributed by atoms with Gasteiger partial charge in [-0.25, -0.2) is 4.72 Å². The number of rotatable bonds is 12. The van der Waals surface area contributed by atoms with Crippen LogP contribution in [0, 0.1) is 5.92 Å². The maximum absolute atomic E-state index is 12.0. The first-order valence-corrected chi connectivity index (χ1v) is 8.83. The van der Waals surface area contributed by atoms with Crippen LogP contribution in [0.15, 0.2) is 0 Å². The van der Waals surface area contributed by atoms with Gasteiger partial charge in [0.1, 0.15) is 0 Å². The molecule has 5 nitrogen and oxygen atoms in total. The van der Waals surface area contributed by atoms with Gasteiger partial charge in [0.25, 0.3) is 10.2 Å². The fraction of sp³-hybridized carbons (Fsp3) is 1.00. The standard InChI is InChI=1S/C13H31N3O2S/c1-5-9-14-10-8-11-16(4)19(17,18)15-12-13(6-2)7-3/h13-15H,5-12H2,1-4H3. The second kappa shape index (κ2) is 10.6. The van der Waals surface area contributed by atoms with E-state index in [1.807, 2.05) is 0 Å². The van der Waals surface area contributed by atoms with Crippen LogP contribution in [-0.4, -0.2) is 45.9 Å². The molecule has 0 radical (unpaired) electrons. The Balaban J connectivity index is 3.96. The molecule has 19 heavy (non-hydrogen) atoms. The molecule has 0 aliphatic carbocycles.